The van der Waals surface area contributed by atoms with Gasteiger partial charge < -0.3 is 15.1 Å². The van der Waals surface area contributed by atoms with Gasteiger partial charge in [0, 0.05) is 19.0 Å². The topological polar surface area (TPSA) is 94.8 Å². The zero-order valence-electron chi connectivity index (χ0n) is 16.6. The number of rotatable bonds is 4. The van der Waals surface area contributed by atoms with Crippen molar-refractivity contribution in [1.82, 2.24) is 10.2 Å². The predicted molar refractivity (Wildman–Crippen MR) is 109 cm³/mol. The molecule has 0 radical (unpaired) electrons. The average Bonchev–Trinajstić information content (AvgIpc) is 3.17. The van der Waals surface area contributed by atoms with Gasteiger partial charge in [0.2, 0.25) is 5.91 Å². The Morgan fingerprint density at radius 3 is 2.59 bits per heavy atom. The van der Waals surface area contributed by atoms with Crippen molar-refractivity contribution < 1.29 is 14.4 Å². The van der Waals surface area contributed by atoms with Gasteiger partial charge >= 0.3 is 0 Å². The number of amides is 2. The largest absolute Gasteiger partial charge is 0.399 e. The molecule has 1 N–H and O–H groups in total. The number of nitrogens with one attached hydrogen (secondary N) is 1. The highest BCUT2D eigenvalue weighted by atomic mass is 16.6. The molecule has 29 heavy (non-hydrogen) atoms. The van der Waals surface area contributed by atoms with Crippen LogP contribution in [0.4, 0.5) is 0 Å². The summed E-state index contributed by atoms with van der Waals surface area (Å²) >= 11 is 0. The molecule has 1 aliphatic rings. The van der Waals surface area contributed by atoms with E-state index in [1.54, 1.807) is 25.2 Å². The number of carbonyl (C=O) groups is 2. The lowest BCUT2D eigenvalue weighted by Gasteiger charge is -2.22. The molecule has 0 saturated carbocycles. The predicted octanol–water partition coefficient (Wildman–Crippen LogP) is 2.50. The van der Waals surface area contributed by atoms with E-state index in [4.69, 9.17) is 4.84 Å². The second kappa shape index (κ2) is 8.57. The molecule has 1 fully saturated rings. The van der Waals surface area contributed by atoms with Gasteiger partial charge in [0.1, 0.15) is 13.2 Å². The summed E-state index contributed by atoms with van der Waals surface area (Å²) in [7, 11) is 2.98. The standard InChI is InChI=1S/C22H22N4O3/c1-14-17(12-23)5-4-6-19(14)15-7-9-16(10-8-15)22(28)26-13-18(25-29-3)11-20(26)21(27)24-2/h4-10,20H,11,13H2,1-3H3,(H,24,27). The summed E-state index contributed by atoms with van der Waals surface area (Å²) in [6.07, 6.45) is 0.345. The molecule has 7 nitrogen and oxygen atoms in total. The highest BCUT2D eigenvalue weighted by Crippen LogP contribution is 2.27. The number of hydrogen-bond donors (Lipinski definition) is 1. The lowest BCUT2D eigenvalue weighted by molar-refractivity contribution is -0.124. The number of oxime groups is 1. The van der Waals surface area contributed by atoms with Crippen LogP contribution in [0.25, 0.3) is 11.1 Å². The fraction of sp³-hybridized carbons (Fsp3) is 0.273. The van der Waals surface area contributed by atoms with Crippen LogP contribution in [0.5, 0.6) is 0 Å². The molecule has 7 heteroatoms. The van der Waals surface area contributed by atoms with Gasteiger partial charge in [-0.05, 0) is 41.8 Å². The number of carbonyl (C=O) groups excluding carboxylic acids is 2. The average molecular weight is 390 g/mol. The molecule has 0 bridgehead atoms. The van der Waals surface area contributed by atoms with Gasteiger partial charge in [0.15, 0.2) is 0 Å². The highest BCUT2D eigenvalue weighted by Gasteiger charge is 2.38. The Morgan fingerprint density at radius 1 is 1.24 bits per heavy atom. The molecule has 1 aliphatic heterocycles. The third-order valence-corrected chi connectivity index (χ3v) is 5.09. The molecular weight excluding hydrogens is 368 g/mol. The number of hydrogen-bond acceptors (Lipinski definition) is 5. The van der Waals surface area contributed by atoms with Gasteiger partial charge in [0.25, 0.3) is 5.91 Å². The van der Waals surface area contributed by atoms with E-state index in [2.05, 4.69) is 16.5 Å². The van der Waals surface area contributed by atoms with Gasteiger partial charge in [0.05, 0.1) is 23.9 Å². The quantitative estimate of drug-likeness (QED) is 0.812. The minimum Gasteiger partial charge on any atom is -0.399 e. The fourth-order valence-corrected chi connectivity index (χ4v) is 3.54. The van der Waals surface area contributed by atoms with Crippen molar-refractivity contribution in [3.05, 3.63) is 59.2 Å². The van der Waals surface area contributed by atoms with Crippen molar-refractivity contribution in [3.8, 4) is 17.2 Å². The molecule has 1 unspecified atom stereocenters. The van der Waals surface area contributed by atoms with Crippen LogP contribution in [-0.4, -0.2) is 49.2 Å². The highest BCUT2D eigenvalue weighted by molar-refractivity contribution is 6.05. The Labute approximate surface area is 169 Å². The number of likely N-dealkylation sites (N-methyl/N-ethyl adjacent to an activating group) is 1. The van der Waals surface area contributed by atoms with Crippen molar-refractivity contribution in [3.63, 3.8) is 0 Å². The minimum absolute atomic E-state index is 0.236. The molecule has 0 aromatic heterocycles. The van der Waals surface area contributed by atoms with E-state index in [1.807, 2.05) is 31.2 Å². The van der Waals surface area contributed by atoms with Gasteiger partial charge in [-0.3, -0.25) is 9.59 Å². The Hall–Kier alpha value is -3.66. The molecule has 1 saturated heterocycles. The first-order valence-electron chi connectivity index (χ1n) is 9.21. The third kappa shape index (κ3) is 3.97. The van der Waals surface area contributed by atoms with Gasteiger partial charge in [-0.2, -0.15) is 5.26 Å². The van der Waals surface area contributed by atoms with Crippen molar-refractivity contribution in [2.45, 2.75) is 19.4 Å². The van der Waals surface area contributed by atoms with E-state index < -0.39 is 6.04 Å². The summed E-state index contributed by atoms with van der Waals surface area (Å²) in [6, 6.07) is 14.3. The molecule has 148 valence electrons. The number of nitriles is 1. The molecule has 3 rings (SSSR count). The smallest absolute Gasteiger partial charge is 0.254 e. The summed E-state index contributed by atoms with van der Waals surface area (Å²) in [5.74, 6) is -0.478. The van der Waals surface area contributed by atoms with Crippen molar-refractivity contribution in [2.75, 3.05) is 20.7 Å². The molecule has 1 heterocycles. The first-order chi connectivity index (χ1) is 14.0. The van der Waals surface area contributed by atoms with E-state index >= 15 is 0 Å². The molecule has 2 aromatic rings. The number of benzene rings is 2. The zero-order chi connectivity index (χ0) is 21.0. The number of likely N-dealkylation sites (tertiary alicyclic amines) is 1. The van der Waals surface area contributed by atoms with Crippen LogP contribution >= 0.6 is 0 Å². The Morgan fingerprint density at radius 2 is 1.97 bits per heavy atom. The van der Waals surface area contributed by atoms with Crippen LogP contribution in [0.3, 0.4) is 0 Å². The fourth-order valence-electron chi connectivity index (χ4n) is 3.54. The van der Waals surface area contributed by atoms with Gasteiger partial charge in [-0.15, -0.1) is 0 Å². The van der Waals surface area contributed by atoms with Crippen LogP contribution in [0.2, 0.25) is 0 Å². The van der Waals surface area contributed by atoms with Crippen LogP contribution in [0, 0.1) is 18.3 Å². The molecule has 1 atom stereocenters. The second-order valence-electron chi connectivity index (χ2n) is 6.77. The van der Waals surface area contributed by atoms with Crippen LogP contribution < -0.4 is 5.32 Å². The summed E-state index contributed by atoms with van der Waals surface area (Å²) < 4.78 is 0. The minimum atomic E-state index is -0.615. The Bertz CT molecular complexity index is 1010. The maximum Gasteiger partial charge on any atom is 0.254 e. The van der Waals surface area contributed by atoms with E-state index in [0.29, 0.717) is 23.3 Å². The molecule has 2 aromatic carbocycles. The van der Waals surface area contributed by atoms with E-state index in [1.165, 1.54) is 12.0 Å². The number of nitrogens with zero attached hydrogens (tertiary/aromatic N) is 3. The third-order valence-electron chi connectivity index (χ3n) is 5.09. The first-order valence-corrected chi connectivity index (χ1v) is 9.21. The van der Waals surface area contributed by atoms with Gasteiger partial charge in [-0.25, -0.2) is 0 Å². The normalized spacial score (nSPS) is 17.1. The van der Waals surface area contributed by atoms with Crippen molar-refractivity contribution in [1.29, 1.82) is 5.26 Å². The maximum atomic E-state index is 13.0. The van der Waals surface area contributed by atoms with E-state index in [-0.39, 0.29) is 18.4 Å². The monoisotopic (exact) mass is 390 g/mol. The van der Waals surface area contributed by atoms with Crippen molar-refractivity contribution >= 4 is 17.5 Å². The summed E-state index contributed by atoms with van der Waals surface area (Å²) in [6.45, 7) is 2.15. The molecule has 2 amide bonds. The van der Waals surface area contributed by atoms with Crippen LogP contribution in [0.15, 0.2) is 47.6 Å². The Kier molecular flexibility index (Phi) is 5.93. The van der Waals surface area contributed by atoms with E-state index in [0.717, 1.165) is 16.7 Å². The summed E-state index contributed by atoms with van der Waals surface area (Å²) in [4.78, 5) is 31.6. The van der Waals surface area contributed by atoms with E-state index in [9.17, 15) is 14.9 Å². The lowest BCUT2D eigenvalue weighted by atomic mass is 9.96. The second-order valence-corrected chi connectivity index (χ2v) is 6.77. The Balaban J connectivity index is 1.88. The van der Waals surface area contributed by atoms with Crippen LogP contribution in [0.1, 0.15) is 27.9 Å². The SMILES string of the molecule is CNC(=O)C1CC(=NOC)CN1C(=O)c1ccc(-c2cccc(C#N)c2C)cc1. The summed E-state index contributed by atoms with van der Waals surface area (Å²) in [5, 5.41) is 15.7. The molecular formula is C22H22N4O3. The first kappa shape index (κ1) is 20.1. The summed E-state index contributed by atoms with van der Waals surface area (Å²) in [5.41, 5.74) is 4.52. The maximum absolute atomic E-state index is 13.0. The lowest BCUT2D eigenvalue weighted by Crippen LogP contribution is -2.44. The molecule has 0 spiro atoms. The van der Waals surface area contributed by atoms with Crippen LogP contribution in [-0.2, 0) is 9.63 Å². The van der Waals surface area contributed by atoms with Gasteiger partial charge in [-0.1, -0.05) is 29.4 Å². The zero-order valence-corrected chi connectivity index (χ0v) is 16.6. The molecule has 0 aliphatic carbocycles. The van der Waals surface area contributed by atoms with Crippen molar-refractivity contribution in [2.24, 2.45) is 5.16 Å².